The zero-order valence-corrected chi connectivity index (χ0v) is 24.7. The number of aryl methyl sites for hydroxylation is 1. The molecule has 224 valence electrons. The summed E-state index contributed by atoms with van der Waals surface area (Å²) in [6.45, 7) is 4.01. The first-order valence-corrected chi connectivity index (χ1v) is 14.4. The zero-order chi connectivity index (χ0) is 30.5. The lowest BCUT2D eigenvalue weighted by molar-refractivity contribution is -0.121. The van der Waals surface area contributed by atoms with E-state index in [0.29, 0.717) is 41.9 Å². The van der Waals surface area contributed by atoms with E-state index in [4.69, 9.17) is 0 Å². The van der Waals surface area contributed by atoms with E-state index in [-0.39, 0.29) is 17.7 Å². The Balaban J connectivity index is 1.39. The number of benzene rings is 3. The molecule has 3 aromatic carbocycles. The maximum absolute atomic E-state index is 13.9. The molecular weight excluding hydrogens is 547 g/mol. The Hall–Kier alpha value is -4.54. The Morgan fingerprint density at radius 2 is 1.67 bits per heavy atom. The van der Waals surface area contributed by atoms with Crippen LogP contribution in [0, 0.1) is 5.82 Å². The van der Waals surface area contributed by atoms with Crippen LogP contribution in [-0.4, -0.2) is 81.4 Å². The van der Waals surface area contributed by atoms with E-state index < -0.39 is 5.82 Å². The smallest absolute Gasteiger partial charge is 0.258 e. The summed E-state index contributed by atoms with van der Waals surface area (Å²) in [5, 5.41) is 8.82. The largest absolute Gasteiger partial charge is 0.359 e. The number of likely N-dealkylation sites (N-methyl/N-ethyl adjacent to an activating group) is 2. The van der Waals surface area contributed by atoms with Crippen LogP contribution >= 0.6 is 0 Å². The fraction of sp³-hybridized carbons (Fsp3) is 0.303. The minimum Gasteiger partial charge on any atom is -0.359 e. The molecule has 9 nitrogen and oxygen atoms in total. The number of anilines is 3. The van der Waals surface area contributed by atoms with E-state index >= 15 is 0 Å². The molecule has 0 aliphatic carbocycles. The van der Waals surface area contributed by atoms with Gasteiger partial charge in [0.2, 0.25) is 11.8 Å². The molecule has 0 spiro atoms. The number of carbonyl (C=O) groups excluding carboxylic acids is 3. The number of nitrogens with one attached hydrogen (secondary N) is 3. The average molecular weight is 585 g/mol. The third kappa shape index (κ3) is 7.10. The van der Waals surface area contributed by atoms with Gasteiger partial charge in [0.1, 0.15) is 5.82 Å². The van der Waals surface area contributed by atoms with Gasteiger partial charge in [0.25, 0.3) is 5.91 Å². The van der Waals surface area contributed by atoms with Crippen molar-refractivity contribution in [2.45, 2.75) is 12.8 Å². The zero-order valence-electron chi connectivity index (χ0n) is 24.7. The molecule has 0 aromatic heterocycles. The SMILES string of the molecule is CNC(=O)CCc1ccc(/C(Nc2ccc(N(C)C(=O)CN3CCN(C)CC3)cc2)=C2/C(=O)Nc3cc(F)ccc32)cc1. The fourth-order valence-electron chi connectivity index (χ4n) is 5.25. The van der Waals surface area contributed by atoms with Gasteiger partial charge >= 0.3 is 0 Å². The van der Waals surface area contributed by atoms with Gasteiger partial charge in [-0.25, -0.2) is 4.39 Å². The van der Waals surface area contributed by atoms with Gasteiger partial charge in [-0.15, -0.1) is 0 Å². The quantitative estimate of drug-likeness (QED) is 0.333. The molecule has 10 heteroatoms. The third-order valence-corrected chi connectivity index (χ3v) is 7.99. The molecule has 2 aliphatic rings. The van der Waals surface area contributed by atoms with E-state index in [9.17, 15) is 18.8 Å². The molecule has 2 heterocycles. The van der Waals surface area contributed by atoms with Gasteiger partial charge in [-0.1, -0.05) is 24.3 Å². The highest BCUT2D eigenvalue weighted by Gasteiger charge is 2.29. The van der Waals surface area contributed by atoms with Crippen molar-refractivity contribution in [3.8, 4) is 0 Å². The summed E-state index contributed by atoms with van der Waals surface area (Å²) in [6.07, 6.45) is 0.965. The van der Waals surface area contributed by atoms with E-state index in [1.54, 1.807) is 25.1 Å². The Labute approximate surface area is 251 Å². The molecule has 3 aromatic rings. The summed E-state index contributed by atoms with van der Waals surface area (Å²) in [7, 11) is 5.48. The van der Waals surface area contributed by atoms with Gasteiger partial charge in [0.15, 0.2) is 0 Å². The second kappa shape index (κ2) is 13.2. The topological polar surface area (TPSA) is 97.0 Å². The summed E-state index contributed by atoms with van der Waals surface area (Å²) in [5.41, 5.74) is 5.21. The highest BCUT2D eigenvalue weighted by atomic mass is 19.1. The van der Waals surface area contributed by atoms with Crippen molar-refractivity contribution in [3.05, 3.63) is 89.2 Å². The summed E-state index contributed by atoms with van der Waals surface area (Å²) in [4.78, 5) is 44.0. The number of rotatable bonds is 9. The van der Waals surface area contributed by atoms with E-state index in [0.717, 1.165) is 48.7 Å². The Morgan fingerprint density at radius 3 is 2.35 bits per heavy atom. The second-order valence-corrected chi connectivity index (χ2v) is 11.0. The summed E-state index contributed by atoms with van der Waals surface area (Å²) in [5.74, 6) is -0.777. The van der Waals surface area contributed by atoms with E-state index in [1.165, 1.54) is 12.1 Å². The van der Waals surface area contributed by atoms with Crippen molar-refractivity contribution in [1.82, 2.24) is 15.1 Å². The molecule has 1 saturated heterocycles. The molecule has 0 radical (unpaired) electrons. The molecule has 2 aliphatic heterocycles. The van der Waals surface area contributed by atoms with Gasteiger partial charge < -0.3 is 25.8 Å². The molecule has 0 unspecified atom stereocenters. The van der Waals surface area contributed by atoms with Crippen molar-refractivity contribution in [2.24, 2.45) is 0 Å². The van der Waals surface area contributed by atoms with Crippen molar-refractivity contribution in [2.75, 3.05) is 69.4 Å². The third-order valence-electron chi connectivity index (χ3n) is 7.99. The summed E-state index contributed by atoms with van der Waals surface area (Å²) >= 11 is 0. The van der Waals surface area contributed by atoms with Crippen LogP contribution in [0.3, 0.4) is 0 Å². The minimum atomic E-state index is -0.433. The van der Waals surface area contributed by atoms with Gasteiger partial charge in [-0.2, -0.15) is 0 Å². The number of nitrogens with zero attached hydrogens (tertiary/aromatic N) is 3. The lowest BCUT2D eigenvalue weighted by atomic mass is 9.98. The molecule has 0 atom stereocenters. The van der Waals surface area contributed by atoms with Gasteiger partial charge in [-0.05, 0) is 67.1 Å². The van der Waals surface area contributed by atoms with Crippen LogP contribution in [0.5, 0.6) is 0 Å². The van der Waals surface area contributed by atoms with Crippen LogP contribution < -0.4 is 20.9 Å². The van der Waals surface area contributed by atoms with Crippen LogP contribution in [0.4, 0.5) is 21.5 Å². The minimum absolute atomic E-state index is 0.0241. The molecular formula is C33H37FN6O3. The molecule has 1 fully saturated rings. The maximum Gasteiger partial charge on any atom is 0.258 e. The Morgan fingerprint density at radius 1 is 0.977 bits per heavy atom. The van der Waals surface area contributed by atoms with Gasteiger partial charge in [0.05, 0.1) is 23.5 Å². The molecule has 0 saturated carbocycles. The standard InChI is InChI=1S/C33H37FN6O3/c1-35-29(41)15-6-22-4-7-23(8-5-22)32(31-27-14-9-24(34)20-28(27)37-33(31)43)36-25-10-12-26(13-11-25)39(3)30(42)21-40-18-16-38(2)17-19-40/h4-5,7-14,20,36H,6,15-19,21H2,1-3H3,(H,35,41)(H,37,43)/b32-31-. The van der Waals surface area contributed by atoms with Crippen molar-refractivity contribution < 1.29 is 18.8 Å². The maximum atomic E-state index is 13.9. The Kier molecular flexibility index (Phi) is 9.18. The second-order valence-electron chi connectivity index (χ2n) is 11.0. The molecule has 3 N–H and O–H groups in total. The molecule has 5 rings (SSSR count). The van der Waals surface area contributed by atoms with Crippen LogP contribution in [0.25, 0.3) is 11.3 Å². The predicted molar refractivity (Wildman–Crippen MR) is 168 cm³/mol. The van der Waals surface area contributed by atoms with Crippen LogP contribution in [0.2, 0.25) is 0 Å². The highest BCUT2D eigenvalue weighted by molar-refractivity contribution is 6.37. The van der Waals surface area contributed by atoms with E-state index in [1.807, 2.05) is 48.5 Å². The molecule has 0 bridgehead atoms. The lowest BCUT2D eigenvalue weighted by Crippen LogP contribution is -2.48. The fourth-order valence-corrected chi connectivity index (χ4v) is 5.25. The number of amides is 3. The van der Waals surface area contributed by atoms with Crippen LogP contribution in [0.1, 0.15) is 23.1 Å². The van der Waals surface area contributed by atoms with Crippen LogP contribution in [-0.2, 0) is 20.8 Å². The number of piperazine rings is 1. The van der Waals surface area contributed by atoms with Crippen molar-refractivity contribution in [1.29, 1.82) is 0 Å². The Bertz CT molecular complexity index is 1530. The monoisotopic (exact) mass is 584 g/mol. The first-order valence-electron chi connectivity index (χ1n) is 14.4. The average Bonchev–Trinajstić information content (AvgIpc) is 3.34. The number of halogens is 1. The number of hydrogen-bond donors (Lipinski definition) is 3. The van der Waals surface area contributed by atoms with Crippen LogP contribution in [0.15, 0.2) is 66.7 Å². The first-order chi connectivity index (χ1) is 20.7. The lowest BCUT2D eigenvalue weighted by Gasteiger charge is -2.32. The molecule has 43 heavy (non-hydrogen) atoms. The number of carbonyl (C=O) groups is 3. The summed E-state index contributed by atoms with van der Waals surface area (Å²) < 4.78 is 13.9. The first kappa shape index (κ1) is 29.9. The highest BCUT2D eigenvalue weighted by Crippen LogP contribution is 2.38. The van der Waals surface area contributed by atoms with Gasteiger partial charge in [-0.3, -0.25) is 19.3 Å². The van der Waals surface area contributed by atoms with Gasteiger partial charge in [0, 0.05) is 63.6 Å². The normalized spacial score (nSPS) is 16.3. The molecule has 3 amide bonds. The van der Waals surface area contributed by atoms with Crippen molar-refractivity contribution in [3.63, 3.8) is 0 Å². The predicted octanol–water partition coefficient (Wildman–Crippen LogP) is 3.65. The summed E-state index contributed by atoms with van der Waals surface area (Å²) in [6, 6.07) is 19.4. The number of fused-ring (bicyclic) bond motifs is 1. The number of hydrogen-bond acceptors (Lipinski definition) is 6. The van der Waals surface area contributed by atoms with Crippen molar-refractivity contribution >= 4 is 46.1 Å². The van der Waals surface area contributed by atoms with E-state index in [2.05, 4.69) is 32.8 Å².